The van der Waals surface area contributed by atoms with Gasteiger partial charge in [0.1, 0.15) is 17.7 Å². The van der Waals surface area contributed by atoms with E-state index in [0.717, 1.165) is 0 Å². The molecule has 226 valence electrons. The number of rotatable bonds is 12. The van der Waals surface area contributed by atoms with Crippen LogP contribution in [0.25, 0.3) is 0 Å². The molecular formula is C29H45NO10. The summed E-state index contributed by atoms with van der Waals surface area (Å²) in [6.45, 7) is 16.0. The summed E-state index contributed by atoms with van der Waals surface area (Å²) < 4.78 is 31.5. The van der Waals surface area contributed by atoms with Gasteiger partial charge in [0.2, 0.25) is 0 Å². The Morgan fingerprint density at radius 2 is 1.30 bits per heavy atom. The molecule has 0 aliphatic carbocycles. The molecule has 0 aliphatic heterocycles. The molecule has 2 N–H and O–H groups in total. The number of ether oxygens (including phenoxy) is 6. The lowest BCUT2D eigenvalue weighted by molar-refractivity contribution is -0.156. The maximum absolute atomic E-state index is 12.6. The Morgan fingerprint density at radius 3 is 1.75 bits per heavy atom. The second kappa shape index (κ2) is 14.9. The van der Waals surface area contributed by atoms with Crippen molar-refractivity contribution in [3.8, 4) is 11.5 Å². The molecule has 0 saturated carbocycles. The van der Waals surface area contributed by atoms with Crippen molar-refractivity contribution < 1.29 is 47.6 Å². The number of carbonyl (C=O) groups excluding carboxylic acids is 4. The highest BCUT2D eigenvalue weighted by atomic mass is 16.8. The molecule has 11 nitrogen and oxygen atoms in total. The molecule has 3 atom stereocenters. The van der Waals surface area contributed by atoms with E-state index >= 15 is 0 Å². The quantitative estimate of drug-likeness (QED) is 0.202. The van der Waals surface area contributed by atoms with E-state index in [1.165, 1.54) is 19.2 Å². The lowest BCUT2D eigenvalue weighted by Crippen LogP contribution is -2.51. The zero-order valence-electron chi connectivity index (χ0n) is 25.3. The minimum atomic E-state index is -1.58. The third-order valence-electron chi connectivity index (χ3n) is 6.34. The van der Waals surface area contributed by atoms with Crippen molar-refractivity contribution in [1.29, 1.82) is 0 Å². The molecule has 0 amide bonds. The smallest absolute Gasteiger partial charge is 0.468 e. The van der Waals surface area contributed by atoms with Gasteiger partial charge in [-0.1, -0.05) is 33.8 Å². The van der Waals surface area contributed by atoms with Gasteiger partial charge < -0.3 is 34.2 Å². The van der Waals surface area contributed by atoms with Gasteiger partial charge in [0.25, 0.3) is 0 Å². The average Bonchev–Trinajstić information content (AvgIpc) is 2.83. The highest BCUT2D eigenvalue weighted by Crippen LogP contribution is 2.32. The third-order valence-corrected chi connectivity index (χ3v) is 6.34. The van der Waals surface area contributed by atoms with E-state index in [1.807, 2.05) is 27.7 Å². The monoisotopic (exact) mass is 567 g/mol. The molecule has 0 radical (unpaired) electrons. The van der Waals surface area contributed by atoms with E-state index in [4.69, 9.17) is 34.2 Å². The van der Waals surface area contributed by atoms with Gasteiger partial charge in [0, 0.05) is 12.8 Å². The second-order valence-corrected chi connectivity index (χ2v) is 11.6. The van der Waals surface area contributed by atoms with Crippen molar-refractivity contribution in [3.63, 3.8) is 0 Å². The van der Waals surface area contributed by atoms with Crippen LogP contribution in [0.3, 0.4) is 0 Å². The van der Waals surface area contributed by atoms with Gasteiger partial charge in [-0.05, 0) is 64.2 Å². The van der Waals surface area contributed by atoms with Gasteiger partial charge in [-0.2, -0.15) is 0 Å². The first kappa shape index (κ1) is 34.7. The Bertz CT molecular complexity index is 1030. The van der Waals surface area contributed by atoms with Gasteiger partial charge in [0.15, 0.2) is 11.5 Å². The highest BCUT2D eigenvalue weighted by molar-refractivity contribution is 5.81. The second-order valence-electron chi connectivity index (χ2n) is 11.6. The Labute approximate surface area is 236 Å². The fraction of sp³-hybridized carbons (Fsp3) is 0.655. The van der Waals surface area contributed by atoms with E-state index in [-0.39, 0.29) is 42.8 Å². The van der Waals surface area contributed by atoms with Gasteiger partial charge in [-0.3, -0.25) is 9.59 Å². The minimum Gasteiger partial charge on any atom is -0.468 e. The summed E-state index contributed by atoms with van der Waals surface area (Å²) in [5.41, 5.74) is 4.58. The Kier molecular flexibility index (Phi) is 12.9. The number of hydrogen-bond donors (Lipinski definition) is 1. The zero-order chi connectivity index (χ0) is 30.8. The maximum Gasteiger partial charge on any atom is 0.514 e. The molecule has 40 heavy (non-hydrogen) atoms. The van der Waals surface area contributed by atoms with Crippen molar-refractivity contribution >= 4 is 24.2 Å². The van der Waals surface area contributed by atoms with Gasteiger partial charge in [0.05, 0.1) is 19.1 Å². The number of hydrogen-bond acceptors (Lipinski definition) is 11. The van der Waals surface area contributed by atoms with Crippen LogP contribution in [0.2, 0.25) is 0 Å². The molecule has 11 heteroatoms. The average molecular weight is 568 g/mol. The molecule has 0 fully saturated rings. The van der Waals surface area contributed by atoms with Crippen molar-refractivity contribution in [2.75, 3.05) is 13.7 Å². The summed E-state index contributed by atoms with van der Waals surface area (Å²) in [6, 6.07) is 4.35. The fourth-order valence-electron chi connectivity index (χ4n) is 3.00. The molecule has 0 spiro atoms. The van der Waals surface area contributed by atoms with Crippen LogP contribution in [-0.2, 0) is 35.0 Å². The van der Waals surface area contributed by atoms with E-state index in [0.29, 0.717) is 5.56 Å². The summed E-state index contributed by atoms with van der Waals surface area (Å²) in [4.78, 5) is 49.7. The number of carbonyl (C=O) groups is 4. The Hall–Kier alpha value is -3.34. The summed E-state index contributed by atoms with van der Waals surface area (Å²) in [7, 11) is 1.20. The van der Waals surface area contributed by atoms with Gasteiger partial charge in [-0.25, -0.2) is 9.59 Å². The summed E-state index contributed by atoms with van der Waals surface area (Å²) in [5, 5.41) is 0. The van der Waals surface area contributed by atoms with Crippen LogP contribution in [0.1, 0.15) is 74.3 Å². The number of nitrogens with two attached hydrogens (primary N) is 1. The topological polar surface area (TPSA) is 150 Å². The molecule has 0 heterocycles. The first-order valence-electron chi connectivity index (χ1n) is 13.3. The lowest BCUT2D eigenvalue weighted by Gasteiger charge is -2.27. The van der Waals surface area contributed by atoms with Crippen molar-refractivity contribution in [2.45, 2.75) is 92.9 Å². The lowest BCUT2D eigenvalue weighted by atomic mass is 9.88. The van der Waals surface area contributed by atoms with Crippen molar-refractivity contribution in [3.05, 3.63) is 23.8 Å². The SMILES string of the molecule is COC(=O)[C@@](N)(CCOC(=O)C(C)(C)C)Cc1ccc(OC(=O)OC(C)C(C)C)c(OC(=O)OC(C)C(C)C)c1. The van der Waals surface area contributed by atoms with Gasteiger partial charge >= 0.3 is 24.2 Å². The summed E-state index contributed by atoms with van der Waals surface area (Å²) in [6.07, 6.45) is -2.96. The normalized spacial score (nSPS) is 14.5. The molecule has 0 aromatic heterocycles. The molecule has 2 unspecified atom stereocenters. The largest absolute Gasteiger partial charge is 0.514 e. The standard InChI is InChI=1S/C29H45NO10/c1-17(2)19(5)37-26(33)39-22-12-11-21(15-23(22)40-27(34)38-20(6)18(3)4)16-29(30,25(32)35-10)13-14-36-24(31)28(7,8)9/h11-12,15,17-20H,13-14,16,30H2,1-10H3/t19?,20?,29-/m1/s1. The molecule has 0 aliphatic rings. The maximum atomic E-state index is 12.6. The predicted molar refractivity (Wildman–Crippen MR) is 147 cm³/mol. The van der Waals surface area contributed by atoms with Crippen molar-refractivity contribution in [2.24, 2.45) is 23.0 Å². The van der Waals surface area contributed by atoms with Crippen LogP contribution < -0.4 is 15.2 Å². The van der Waals surface area contributed by atoms with Gasteiger partial charge in [-0.15, -0.1) is 0 Å². The predicted octanol–water partition coefficient (Wildman–Crippen LogP) is 5.20. The van der Waals surface area contributed by atoms with E-state index in [9.17, 15) is 19.2 Å². The number of benzene rings is 1. The molecule has 0 bridgehead atoms. The van der Waals surface area contributed by atoms with Crippen LogP contribution in [-0.4, -0.2) is 55.7 Å². The summed E-state index contributed by atoms with van der Waals surface area (Å²) >= 11 is 0. The molecule has 1 aromatic carbocycles. The van der Waals surface area contributed by atoms with Crippen LogP contribution in [0.5, 0.6) is 11.5 Å². The van der Waals surface area contributed by atoms with Crippen LogP contribution in [0.4, 0.5) is 9.59 Å². The zero-order valence-corrected chi connectivity index (χ0v) is 25.3. The van der Waals surface area contributed by atoms with E-state index in [1.54, 1.807) is 40.7 Å². The first-order chi connectivity index (χ1) is 18.4. The van der Waals surface area contributed by atoms with Crippen LogP contribution in [0, 0.1) is 17.3 Å². The molecular weight excluding hydrogens is 522 g/mol. The van der Waals surface area contributed by atoms with E-state index in [2.05, 4.69) is 0 Å². The molecule has 0 saturated heterocycles. The van der Waals surface area contributed by atoms with Crippen LogP contribution in [0.15, 0.2) is 18.2 Å². The first-order valence-corrected chi connectivity index (χ1v) is 13.3. The number of methoxy groups -OCH3 is 1. The number of esters is 2. The highest BCUT2D eigenvalue weighted by Gasteiger charge is 2.37. The van der Waals surface area contributed by atoms with Crippen LogP contribution >= 0.6 is 0 Å². The third kappa shape index (κ3) is 11.0. The molecule has 1 rings (SSSR count). The molecule has 1 aromatic rings. The summed E-state index contributed by atoms with van der Waals surface area (Å²) in [5.74, 6) is -1.31. The minimum absolute atomic E-state index is 0.0346. The Balaban J connectivity index is 3.26. The fourth-order valence-corrected chi connectivity index (χ4v) is 3.00. The van der Waals surface area contributed by atoms with E-state index < -0.39 is 47.4 Å². The Morgan fingerprint density at radius 1 is 0.800 bits per heavy atom. The van der Waals surface area contributed by atoms with Crippen molar-refractivity contribution in [1.82, 2.24) is 0 Å².